The number of rotatable bonds is 7. The molecule has 0 amide bonds. The summed E-state index contributed by atoms with van der Waals surface area (Å²) in [5.41, 5.74) is 0. The third-order valence-corrected chi connectivity index (χ3v) is 1.91. The second-order valence-electron chi connectivity index (χ2n) is 3.27. The average molecular weight is 177 g/mol. The number of halogens is 2. The van der Waals surface area contributed by atoms with Gasteiger partial charge in [0.1, 0.15) is 0 Å². The molecule has 0 aliphatic rings. The predicted molar refractivity (Wildman–Crippen MR) is 48.3 cm³/mol. The zero-order valence-corrected chi connectivity index (χ0v) is 7.91. The lowest BCUT2D eigenvalue weighted by molar-refractivity contribution is -0.0189. The standard InChI is InChI=1S/C10H19F2/c1-3-5-6-7-9-10(11,12)8-4-2/h1,3-9H2,2H3. The smallest absolute Gasteiger partial charge is 0.207 e. The van der Waals surface area contributed by atoms with Crippen molar-refractivity contribution in [1.29, 1.82) is 0 Å². The van der Waals surface area contributed by atoms with E-state index in [9.17, 15) is 8.78 Å². The average Bonchev–Trinajstić information content (AvgIpc) is 1.98. The van der Waals surface area contributed by atoms with Crippen LogP contribution in [0.15, 0.2) is 0 Å². The fourth-order valence-corrected chi connectivity index (χ4v) is 1.23. The molecule has 0 atom stereocenters. The molecule has 2 heteroatoms. The predicted octanol–water partition coefficient (Wildman–Crippen LogP) is 4.21. The highest BCUT2D eigenvalue weighted by molar-refractivity contribution is 4.65. The Kier molecular flexibility index (Phi) is 6.31. The van der Waals surface area contributed by atoms with Crippen LogP contribution >= 0.6 is 0 Å². The van der Waals surface area contributed by atoms with Gasteiger partial charge in [0.15, 0.2) is 0 Å². The molecule has 0 saturated heterocycles. The van der Waals surface area contributed by atoms with Crippen molar-refractivity contribution >= 4 is 0 Å². The maximum absolute atomic E-state index is 12.8. The van der Waals surface area contributed by atoms with Crippen molar-refractivity contribution in [2.45, 2.75) is 57.8 Å². The third-order valence-electron chi connectivity index (χ3n) is 1.91. The van der Waals surface area contributed by atoms with Gasteiger partial charge in [0, 0.05) is 12.8 Å². The van der Waals surface area contributed by atoms with Crippen LogP contribution in [0.2, 0.25) is 0 Å². The SMILES string of the molecule is [CH2]CCCCCC(F)(F)CCC. The molecular weight excluding hydrogens is 158 g/mol. The molecule has 0 aromatic rings. The quantitative estimate of drug-likeness (QED) is 0.511. The minimum atomic E-state index is -2.42. The molecule has 0 aromatic carbocycles. The summed E-state index contributed by atoms with van der Waals surface area (Å²) in [5, 5.41) is 0. The summed E-state index contributed by atoms with van der Waals surface area (Å²) in [6, 6.07) is 0. The molecule has 0 saturated carbocycles. The van der Waals surface area contributed by atoms with Gasteiger partial charge in [0.25, 0.3) is 0 Å². The Morgan fingerprint density at radius 3 is 2.25 bits per heavy atom. The molecule has 0 aliphatic carbocycles. The summed E-state index contributed by atoms with van der Waals surface area (Å²) in [7, 11) is 0. The van der Waals surface area contributed by atoms with Gasteiger partial charge in [-0.2, -0.15) is 0 Å². The molecule has 0 spiro atoms. The van der Waals surface area contributed by atoms with E-state index in [0.29, 0.717) is 12.8 Å². The van der Waals surface area contributed by atoms with Gasteiger partial charge < -0.3 is 0 Å². The minimum absolute atomic E-state index is 0.0391. The Labute approximate surface area is 74.4 Å². The molecule has 0 nitrogen and oxygen atoms in total. The van der Waals surface area contributed by atoms with Crippen molar-refractivity contribution in [3.05, 3.63) is 6.92 Å². The lowest BCUT2D eigenvalue weighted by Gasteiger charge is -2.14. The lowest BCUT2D eigenvalue weighted by atomic mass is 10.1. The van der Waals surface area contributed by atoms with Gasteiger partial charge >= 0.3 is 0 Å². The highest BCUT2D eigenvalue weighted by atomic mass is 19.3. The lowest BCUT2D eigenvalue weighted by Crippen LogP contribution is -2.14. The van der Waals surface area contributed by atoms with Crippen LogP contribution in [0.4, 0.5) is 8.78 Å². The Morgan fingerprint density at radius 1 is 1.08 bits per heavy atom. The first-order chi connectivity index (χ1) is 5.62. The molecule has 0 aromatic heterocycles. The molecule has 0 heterocycles. The van der Waals surface area contributed by atoms with Gasteiger partial charge in [0.2, 0.25) is 5.92 Å². The third kappa shape index (κ3) is 6.56. The Bertz CT molecular complexity index is 100. The van der Waals surface area contributed by atoms with Crippen LogP contribution in [0, 0.1) is 6.92 Å². The van der Waals surface area contributed by atoms with Crippen molar-refractivity contribution in [3.8, 4) is 0 Å². The van der Waals surface area contributed by atoms with Crippen LogP contribution in [-0.2, 0) is 0 Å². The topological polar surface area (TPSA) is 0 Å². The van der Waals surface area contributed by atoms with Crippen molar-refractivity contribution < 1.29 is 8.78 Å². The van der Waals surface area contributed by atoms with Gasteiger partial charge in [-0.05, 0) is 6.42 Å². The molecule has 73 valence electrons. The highest BCUT2D eigenvalue weighted by Crippen LogP contribution is 2.26. The summed E-state index contributed by atoms with van der Waals surface area (Å²) in [6.45, 7) is 5.46. The first-order valence-corrected chi connectivity index (χ1v) is 4.79. The van der Waals surface area contributed by atoms with Gasteiger partial charge in [-0.25, -0.2) is 8.78 Å². The summed E-state index contributed by atoms with van der Waals surface area (Å²) < 4.78 is 25.7. The van der Waals surface area contributed by atoms with Crippen molar-refractivity contribution in [3.63, 3.8) is 0 Å². The van der Waals surface area contributed by atoms with Gasteiger partial charge in [-0.1, -0.05) is 39.5 Å². The largest absolute Gasteiger partial charge is 0.248 e. The second-order valence-corrected chi connectivity index (χ2v) is 3.27. The highest BCUT2D eigenvalue weighted by Gasteiger charge is 2.26. The van der Waals surface area contributed by atoms with E-state index in [1.54, 1.807) is 6.92 Å². The number of alkyl halides is 2. The number of hydrogen-bond acceptors (Lipinski definition) is 0. The van der Waals surface area contributed by atoms with E-state index in [2.05, 4.69) is 6.92 Å². The molecular formula is C10H19F2. The van der Waals surface area contributed by atoms with Gasteiger partial charge in [-0.15, -0.1) is 0 Å². The van der Waals surface area contributed by atoms with Crippen LogP contribution in [0.3, 0.4) is 0 Å². The molecule has 0 fully saturated rings. The molecule has 0 rings (SSSR count). The van der Waals surface area contributed by atoms with Crippen molar-refractivity contribution in [1.82, 2.24) is 0 Å². The van der Waals surface area contributed by atoms with Crippen LogP contribution in [-0.4, -0.2) is 5.92 Å². The molecule has 0 unspecified atom stereocenters. The minimum Gasteiger partial charge on any atom is -0.207 e. The number of hydrogen-bond donors (Lipinski definition) is 0. The summed E-state index contributed by atoms with van der Waals surface area (Å²) in [4.78, 5) is 0. The van der Waals surface area contributed by atoms with Crippen LogP contribution in [0.1, 0.15) is 51.9 Å². The van der Waals surface area contributed by atoms with Crippen LogP contribution in [0.5, 0.6) is 0 Å². The molecule has 0 N–H and O–H groups in total. The Hall–Kier alpha value is -0.140. The normalized spacial score (nSPS) is 12.0. The van der Waals surface area contributed by atoms with Gasteiger partial charge in [0.05, 0.1) is 0 Å². The monoisotopic (exact) mass is 177 g/mol. The fourth-order valence-electron chi connectivity index (χ4n) is 1.23. The number of unbranched alkanes of at least 4 members (excludes halogenated alkanes) is 3. The van der Waals surface area contributed by atoms with E-state index in [1.165, 1.54) is 0 Å². The van der Waals surface area contributed by atoms with E-state index in [1.807, 2.05) is 0 Å². The summed E-state index contributed by atoms with van der Waals surface area (Å²) >= 11 is 0. The van der Waals surface area contributed by atoms with E-state index in [-0.39, 0.29) is 12.8 Å². The van der Waals surface area contributed by atoms with E-state index < -0.39 is 5.92 Å². The molecule has 0 aliphatic heterocycles. The van der Waals surface area contributed by atoms with Crippen LogP contribution < -0.4 is 0 Å². The fraction of sp³-hybridized carbons (Fsp3) is 0.900. The maximum atomic E-state index is 12.8. The van der Waals surface area contributed by atoms with E-state index in [4.69, 9.17) is 0 Å². The molecule has 12 heavy (non-hydrogen) atoms. The Balaban J connectivity index is 3.33. The zero-order valence-electron chi connectivity index (χ0n) is 7.91. The summed E-state index contributed by atoms with van der Waals surface area (Å²) in [5.74, 6) is -2.42. The summed E-state index contributed by atoms with van der Waals surface area (Å²) in [6.07, 6.45) is 4.04. The van der Waals surface area contributed by atoms with Gasteiger partial charge in [-0.3, -0.25) is 0 Å². The van der Waals surface area contributed by atoms with Crippen molar-refractivity contribution in [2.75, 3.05) is 0 Å². The maximum Gasteiger partial charge on any atom is 0.248 e. The Morgan fingerprint density at radius 2 is 1.75 bits per heavy atom. The van der Waals surface area contributed by atoms with E-state index in [0.717, 1.165) is 19.3 Å². The second kappa shape index (κ2) is 6.38. The van der Waals surface area contributed by atoms with Crippen molar-refractivity contribution in [2.24, 2.45) is 0 Å². The first-order valence-electron chi connectivity index (χ1n) is 4.79. The first kappa shape index (κ1) is 11.9. The van der Waals surface area contributed by atoms with Crippen LogP contribution in [0.25, 0.3) is 0 Å². The zero-order chi connectivity index (χ0) is 9.45. The van der Waals surface area contributed by atoms with E-state index >= 15 is 0 Å². The molecule has 1 radical (unpaired) electrons. The molecule has 0 bridgehead atoms.